The zero-order chi connectivity index (χ0) is 20.9. The number of imidazole rings is 1. The highest BCUT2D eigenvalue weighted by Gasteiger charge is 2.13. The van der Waals surface area contributed by atoms with Crippen LogP contribution in [0.5, 0.6) is 11.5 Å². The van der Waals surface area contributed by atoms with Crippen LogP contribution in [0.15, 0.2) is 71.9 Å². The lowest BCUT2D eigenvalue weighted by molar-refractivity contribution is 0.102. The minimum absolute atomic E-state index is 0.189. The van der Waals surface area contributed by atoms with Crippen LogP contribution in [0.25, 0.3) is 11.0 Å². The Bertz CT molecular complexity index is 1130. The number of ether oxygens (including phenoxy) is 2. The fourth-order valence-electron chi connectivity index (χ4n) is 3.09. The Kier molecular flexibility index (Phi) is 5.90. The van der Waals surface area contributed by atoms with Crippen molar-refractivity contribution in [1.82, 2.24) is 9.97 Å². The van der Waals surface area contributed by atoms with Crippen molar-refractivity contribution < 1.29 is 14.3 Å². The number of hydrogen-bond acceptors (Lipinski definition) is 5. The van der Waals surface area contributed by atoms with Crippen LogP contribution in [0.1, 0.15) is 15.9 Å². The fraction of sp³-hybridized carbons (Fsp3) is 0.130. The number of hydrogen-bond donors (Lipinski definition) is 2. The summed E-state index contributed by atoms with van der Waals surface area (Å²) < 4.78 is 10.6. The summed E-state index contributed by atoms with van der Waals surface area (Å²) >= 11 is 1.56. The standard InChI is InChI=1S/C23H21N3O3S/c1-28-17-11-16(12-18(13-17)29-2)24-22(27)19-8-4-3-7-15(19)14-30-23-25-20-9-5-6-10-21(20)26-23/h3-13H,14H2,1-2H3,(H,24,27)(H,25,26). The van der Waals surface area contributed by atoms with Crippen LogP contribution in [-0.4, -0.2) is 30.1 Å². The number of nitrogens with zero attached hydrogens (tertiary/aromatic N) is 1. The summed E-state index contributed by atoms with van der Waals surface area (Å²) in [5, 5.41) is 3.76. The van der Waals surface area contributed by atoms with Gasteiger partial charge in [0, 0.05) is 35.2 Å². The molecule has 0 aliphatic rings. The Balaban J connectivity index is 1.51. The number of methoxy groups -OCH3 is 2. The molecule has 0 atom stereocenters. The second-order valence-corrected chi connectivity index (χ2v) is 7.52. The van der Waals surface area contributed by atoms with E-state index in [1.165, 1.54) is 0 Å². The van der Waals surface area contributed by atoms with Crippen LogP contribution >= 0.6 is 11.8 Å². The quantitative estimate of drug-likeness (QED) is 0.407. The summed E-state index contributed by atoms with van der Waals surface area (Å²) in [4.78, 5) is 20.9. The molecule has 2 N–H and O–H groups in total. The van der Waals surface area contributed by atoms with Crippen molar-refractivity contribution in [1.29, 1.82) is 0 Å². The highest BCUT2D eigenvalue weighted by atomic mass is 32.2. The van der Waals surface area contributed by atoms with Crippen molar-refractivity contribution in [3.63, 3.8) is 0 Å². The van der Waals surface area contributed by atoms with Gasteiger partial charge in [-0.3, -0.25) is 4.79 Å². The summed E-state index contributed by atoms with van der Waals surface area (Å²) in [5.41, 5.74) is 4.07. The summed E-state index contributed by atoms with van der Waals surface area (Å²) in [5.74, 6) is 1.65. The third kappa shape index (κ3) is 4.41. The summed E-state index contributed by atoms with van der Waals surface area (Å²) in [6.45, 7) is 0. The van der Waals surface area contributed by atoms with Crippen LogP contribution in [0.4, 0.5) is 5.69 Å². The van der Waals surface area contributed by atoms with E-state index in [2.05, 4.69) is 15.3 Å². The highest BCUT2D eigenvalue weighted by molar-refractivity contribution is 7.98. The summed E-state index contributed by atoms with van der Waals surface area (Å²) in [6, 6.07) is 20.7. The Morgan fingerprint density at radius 1 is 1.00 bits per heavy atom. The SMILES string of the molecule is COc1cc(NC(=O)c2ccccc2CSc2nc3ccccc3[nH]2)cc(OC)c1. The molecular formula is C23H21N3O3S. The molecule has 0 radical (unpaired) electrons. The first-order valence-corrected chi connectivity index (χ1v) is 10.3. The number of benzene rings is 3. The van der Waals surface area contributed by atoms with Gasteiger partial charge in [0.25, 0.3) is 5.91 Å². The smallest absolute Gasteiger partial charge is 0.255 e. The molecule has 0 saturated heterocycles. The lowest BCUT2D eigenvalue weighted by Gasteiger charge is -2.12. The molecule has 0 bridgehead atoms. The largest absolute Gasteiger partial charge is 0.497 e. The molecule has 0 unspecified atom stereocenters. The van der Waals surface area contributed by atoms with E-state index < -0.39 is 0 Å². The van der Waals surface area contributed by atoms with Crippen molar-refractivity contribution in [2.45, 2.75) is 10.9 Å². The number of nitrogens with one attached hydrogen (secondary N) is 2. The van der Waals surface area contributed by atoms with Gasteiger partial charge in [-0.1, -0.05) is 42.1 Å². The number of thioether (sulfide) groups is 1. The number of rotatable bonds is 7. The number of para-hydroxylation sites is 2. The molecule has 0 spiro atoms. The first-order chi connectivity index (χ1) is 14.7. The van der Waals surface area contributed by atoms with Crippen molar-refractivity contribution in [3.05, 3.63) is 77.9 Å². The van der Waals surface area contributed by atoms with Gasteiger partial charge >= 0.3 is 0 Å². The Morgan fingerprint density at radius 3 is 2.43 bits per heavy atom. The maximum Gasteiger partial charge on any atom is 0.255 e. The molecule has 0 fully saturated rings. The van der Waals surface area contributed by atoms with Crippen LogP contribution < -0.4 is 14.8 Å². The average molecular weight is 420 g/mol. The van der Waals surface area contributed by atoms with Gasteiger partial charge < -0.3 is 19.8 Å². The van der Waals surface area contributed by atoms with Gasteiger partial charge in [0.05, 0.1) is 25.3 Å². The Morgan fingerprint density at radius 2 is 1.70 bits per heavy atom. The Hall–Kier alpha value is -3.45. The molecule has 152 valence electrons. The first-order valence-electron chi connectivity index (χ1n) is 9.36. The molecule has 1 aromatic heterocycles. The number of aromatic amines is 1. The van der Waals surface area contributed by atoms with Crippen LogP contribution in [0.3, 0.4) is 0 Å². The summed E-state index contributed by atoms with van der Waals surface area (Å²) in [7, 11) is 3.15. The number of anilines is 1. The minimum Gasteiger partial charge on any atom is -0.497 e. The number of H-pyrrole nitrogens is 1. The normalized spacial score (nSPS) is 10.7. The van der Waals surface area contributed by atoms with Crippen molar-refractivity contribution in [2.24, 2.45) is 0 Å². The number of aromatic nitrogens is 2. The molecule has 1 amide bonds. The third-order valence-corrected chi connectivity index (χ3v) is 5.53. The van der Waals surface area contributed by atoms with Crippen LogP contribution in [-0.2, 0) is 5.75 Å². The van der Waals surface area contributed by atoms with Gasteiger partial charge in [-0.2, -0.15) is 0 Å². The molecule has 6 nitrogen and oxygen atoms in total. The monoisotopic (exact) mass is 419 g/mol. The topological polar surface area (TPSA) is 76.2 Å². The number of carbonyl (C=O) groups is 1. The van der Waals surface area contributed by atoms with Gasteiger partial charge in [0.15, 0.2) is 5.16 Å². The van der Waals surface area contributed by atoms with Crippen molar-refractivity contribution >= 4 is 34.4 Å². The first kappa shape index (κ1) is 19.8. The van der Waals surface area contributed by atoms with E-state index in [1.54, 1.807) is 44.2 Å². The summed E-state index contributed by atoms with van der Waals surface area (Å²) in [6.07, 6.45) is 0. The van der Waals surface area contributed by atoms with Gasteiger partial charge in [-0.05, 0) is 23.8 Å². The predicted octanol–water partition coefficient (Wildman–Crippen LogP) is 5.12. The second-order valence-electron chi connectivity index (χ2n) is 6.56. The van der Waals surface area contributed by atoms with Crippen molar-refractivity contribution in [2.75, 3.05) is 19.5 Å². The zero-order valence-corrected chi connectivity index (χ0v) is 17.5. The Labute approximate surface area is 178 Å². The maximum atomic E-state index is 13.0. The molecule has 30 heavy (non-hydrogen) atoms. The third-order valence-electron chi connectivity index (χ3n) is 4.60. The molecular weight excluding hydrogens is 398 g/mol. The van der Waals surface area contributed by atoms with Crippen molar-refractivity contribution in [3.8, 4) is 11.5 Å². The number of fused-ring (bicyclic) bond motifs is 1. The fourth-order valence-corrected chi connectivity index (χ4v) is 3.98. The predicted molar refractivity (Wildman–Crippen MR) is 120 cm³/mol. The molecule has 3 aromatic carbocycles. The van der Waals surface area contributed by atoms with E-state index in [4.69, 9.17) is 9.47 Å². The van der Waals surface area contributed by atoms with Gasteiger partial charge in [0.1, 0.15) is 11.5 Å². The maximum absolute atomic E-state index is 13.0. The molecule has 0 aliphatic heterocycles. The highest BCUT2D eigenvalue weighted by Crippen LogP contribution is 2.28. The van der Waals surface area contributed by atoms with E-state index in [0.29, 0.717) is 28.5 Å². The molecule has 4 aromatic rings. The minimum atomic E-state index is -0.189. The molecule has 1 heterocycles. The molecule has 0 aliphatic carbocycles. The van der Waals surface area contributed by atoms with Crippen LogP contribution in [0, 0.1) is 0 Å². The van der Waals surface area contributed by atoms with Gasteiger partial charge in [-0.25, -0.2) is 4.98 Å². The molecule has 4 rings (SSSR count). The van der Waals surface area contributed by atoms with Gasteiger partial charge in [0.2, 0.25) is 0 Å². The van der Waals surface area contributed by atoms with Crippen LogP contribution in [0.2, 0.25) is 0 Å². The lowest BCUT2D eigenvalue weighted by atomic mass is 10.1. The van der Waals surface area contributed by atoms with E-state index in [0.717, 1.165) is 21.8 Å². The average Bonchev–Trinajstić information content (AvgIpc) is 3.20. The second kappa shape index (κ2) is 8.92. The van der Waals surface area contributed by atoms with E-state index in [9.17, 15) is 4.79 Å². The number of amides is 1. The van der Waals surface area contributed by atoms with Gasteiger partial charge in [-0.15, -0.1) is 0 Å². The molecule has 0 saturated carbocycles. The lowest BCUT2D eigenvalue weighted by Crippen LogP contribution is -2.14. The molecule has 7 heteroatoms. The van der Waals surface area contributed by atoms with E-state index >= 15 is 0 Å². The van der Waals surface area contributed by atoms with E-state index in [-0.39, 0.29) is 5.91 Å². The number of carbonyl (C=O) groups excluding carboxylic acids is 1. The van der Waals surface area contributed by atoms with E-state index in [1.807, 2.05) is 48.5 Å². The zero-order valence-electron chi connectivity index (χ0n) is 16.6.